The van der Waals surface area contributed by atoms with Crippen molar-refractivity contribution in [3.05, 3.63) is 0 Å². The van der Waals surface area contributed by atoms with Crippen LogP contribution in [0.2, 0.25) is 0 Å². The van der Waals surface area contributed by atoms with Crippen LogP contribution in [0.4, 0.5) is 0 Å². The fourth-order valence-corrected chi connectivity index (χ4v) is 4.32. The fraction of sp³-hybridized carbons (Fsp3) is 1.00. The average molecular weight is 329 g/mol. The lowest BCUT2D eigenvalue weighted by Crippen LogP contribution is -1.85. The molecule has 0 aliphatic rings. The van der Waals surface area contributed by atoms with Crippen LogP contribution in [0, 0.1) is 0 Å². The normalized spacial score (nSPS) is 11.7. The van der Waals surface area contributed by atoms with Crippen molar-refractivity contribution in [3.63, 3.8) is 0 Å². The van der Waals surface area contributed by atoms with Crippen molar-refractivity contribution >= 4 is 8.58 Å². The van der Waals surface area contributed by atoms with Crippen LogP contribution in [-0.2, 0) is 0 Å². The Morgan fingerprint density at radius 2 is 0.636 bits per heavy atom. The Labute approximate surface area is 144 Å². The van der Waals surface area contributed by atoms with Gasteiger partial charge in [-0.15, -0.1) is 8.58 Å². The Kier molecular flexibility index (Phi) is 21.8. The number of unbranched alkanes of at least 4 members (excludes halogenated alkanes) is 15. The van der Waals surface area contributed by atoms with E-state index in [1.54, 1.807) is 0 Å². The van der Waals surface area contributed by atoms with Crippen molar-refractivity contribution < 1.29 is 0 Å². The first-order valence-electron chi connectivity index (χ1n) is 10.6. The van der Waals surface area contributed by atoms with Gasteiger partial charge in [-0.25, -0.2) is 0 Å². The maximum Gasteiger partial charge on any atom is -0.0353 e. The van der Waals surface area contributed by atoms with Crippen LogP contribution in [0.15, 0.2) is 0 Å². The highest BCUT2D eigenvalue weighted by Crippen LogP contribution is 2.18. The third kappa shape index (κ3) is 20.4. The first-order valence-corrected chi connectivity index (χ1v) is 12.0. The van der Waals surface area contributed by atoms with Crippen LogP contribution in [0.5, 0.6) is 0 Å². The molecular formula is C21H45P. The molecule has 0 rings (SSSR count). The molecule has 0 aromatic carbocycles. The molecule has 0 heterocycles. The standard InChI is InChI=1S/C21H45P/c1-3-5-7-9-10-11-12-13-14-15-16-17-19-21-22-20-18-8-6-4-2/h22H,3-21H2,1-2H3. The van der Waals surface area contributed by atoms with Gasteiger partial charge in [-0.1, -0.05) is 110 Å². The van der Waals surface area contributed by atoms with E-state index in [9.17, 15) is 0 Å². The summed E-state index contributed by atoms with van der Waals surface area (Å²) in [6, 6.07) is 0. The highest BCUT2D eigenvalue weighted by Gasteiger charge is 1.94. The third-order valence-corrected chi connectivity index (χ3v) is 6.08. The zero-order valence-corrected chi connectivity index (χ0v) is 16.9. The molecule has 0 aromatic rings. The second kappa shape index (κ2) is 21.4. The van der Waals surface area contributed by atoms with E-state index in [1.807, 2.05) is 0 Å². The molecule has 0 aliphatic heterocycles. The Morgan fingerprint density at radius 3 is 1.00 bits per heavy atom. The minimum absolute atomic E-state index is 1.25. The first kappa shape index (κ1) is 22.4. The predicted molar refractivity (Wildman–Crippen MR) is 108 cm³/mol. The van der Waals surface area contributed by atoms with Crippen molar-refractivity contribution in [2.45, 2.75) is 123 Å². The molecule has 0 amide bonds. The third-order valence-electron chi connectivity index (χ3n) is 4.66. The fourth-order valence-electron chi connectivity index (χ4n) is 3.07. The summed E-state index contributed by atoms with van der Waals surface area (Å²) in [5.74, 6) is 0. The zero-order valence-electron chi connectivity index (χ0n) is 15.9. The van der Waals surface area contributed by atoms with Gasteiger partial charge in [-0.3, -0.25) is 0 Å². The quantitative estimate of drug-likeness (QED) is 0.165. The summed E-state index contributed by atoms with van der Waals surface area (Å²) in [5, 5.41) is 0. The van der Waals surface area contributed by atoms with Gasteiger partial charge in [0, 0.05) is 0 Å². The number of hydrogen-bond acceptors (Lipinski definition) is 0. The Balaban J connectivity index is 2.91. The SMILES string of the molecule is CCCCCCCCCCCCCCCPCCCCCC. The minimum atomic E-state index is 1.25. The molecule has 0 aliphatic carbocycles. The Bertz CT molecular complexity index is 159. The van der Waals surface area contributed by atoms with Gasteiger partial charge in [-0.05, 0) is 25.2 Å². The number of hydrogen-bond donors (Lipinski definition) is 0. The highest BCUT2D eigenvalue weighted by molar-refractivity contribution is 7.37. The van der Waals surface area contributed by atoms with Crippen molar-refractivity contribution in [2.75, 3.05) is 12.3 Å². The number of rotatable bonds is 19. The van der Waals surface area contributed by atoms with Crippen molar-refractivity contribution in [3.8, 4) is 0 Å². The Morgan fingerprint density at radius 1 is 0.364 bits per heavy atom. The predicted octanol–water partition coefficient (Wildman–Crippen LogP) is 8.34. The molecule has 0 saturated carbocycles. The van der Waals surface area contributed by atoms with E-state index in [0.717, 1.165) is 0 Å². The molecule has 1 unspecified atom stereocenters. The molecule has 0 bridgehead atoms. The van der Waals surface area contributed by atoms with Gasteiger partial charge in [-0.2, -0.15) is 0 Å². The molecule has 0 aromatic heterocycles. The largest absolute Gasteiger partial charge is 0.122 e. The van der Waals surface area contributed by atoms with Crippen LogP contribution >= 0.6 is 8.58 Å². The summed E-state index contributed by atoms with van der Waals surface area (Å²) in [5.41, 5.74) is 0. The maximum absolute atomic E-state index is 2.30. The van der Waals surface area contributed by atoms with Crippen LogP contribution in [0.1, 0.15) is 123 Å². The second-order valence-corrected chi connectivity index (χ2v) is 8.55. The second-order valence-electron chi connectivity index (χ2n) is 7.05. The molecule has 1 atom stereocenters. The van der Waals surface area contributed by atoms with E-state index in [2.05, 4.69) is 13.8 Å². The Hall–Kier alpha value is 0.430. The molecule has 0 spiro atoms. The molecule has 0 fully saturated rings. The van der Waals surface area contributed by atoms with E-state index < -0.39 is 0 Å². The lowest BCUT2D eigenvalue weighted by Gasteiger charge is -2.04. The minimum Gasteiger partial charge on any atom is -0.122 e. The van der Waals surface area contributed by atoms with Crippen molar-refractivity contribution in [1.82, 2.24) is 0 Å². The summed E-state index contributed by atoms with van der Waals surface area (Å²) in [4.78, 5) is 0. The van der Waals surface area contributed by atoms with E-state index in [-0.39, 0.29) is 0 Å². The van der Waals surface area contributed by atoms with Gasteiger partial charge in [0.2, 0.25) is 0 Å². The highest BCUT2D eigenvalue weighted by atomic mass is 31.1. The summed E-state index contributed by atoms with van der Waals surface area (Å²) >= 11 is 0. The molecule has 0 nitrogen and oxygen atoms in total. The molecule has 22 heavy (non-hydrogen) atoms. The zero-order chi connectivity index (χ0) is 16.1. The lowest BCUT2D eigenvalue weighted by molar-refractivity contribution is 0.543. The monoisotopic (exact) mass is 328 g/mol. The summed E-state index contributed by atoms with van der Waals surface area (Å²) in [6.45, 7) is 4.60. The molecule has 0 radical (unpaired) electrons. The summed E-state index contributed by atoms with van der Waals surface area (Å²) < 4.78 is 0. The molecule has 0 saturated heterocycles. The van der Waals surface area contributed by atoms with Gasteiger partial charge >= 0.3 is 0 Å². The van der Waals surface area contributed by atoms with Gasteiger partial charge in [0.05, 0.1) is 0 Å². The van der Waals surface area contributed by atoms with Gasteiger partial charge < -0.3 is 0 Å². The molecular weight excluding hydrogens is 283 g/mol. The van der Waals surface area contributed by atoms with Crippen molar-refractivity contribution in [2.24, 2.45) is 0 Å². The average Bonchev–Trinajstić information content (AvgIpc) is 2.54. The van der Waals surface area contributed by atoms with E-state index in [0.29, 0.717) is 0 Å². The van der Waals surface area contributed by atoms with Crippen LogP contribution in [-0.4, -0.2) is 12.3 Å². The van der Waals surface area contributed by atoms with E-state index in [1.165, 1.54) is 130 Å². The van der Waals surface area contributed by atoms with E-state index >= 15 is 0 Å². The molecule has 1 heteroatoms. The summed E-state index contributed by atoms with van der Waals surface area (Å²) in [7, 11) is 1.25. The van der Waals surface area contributed by atoms with Crippen LogP contribution in [0.3, 0.4) is 0 Å². The maximum atomic E-state index is 2.30. The van der Waals surface area contributed by atoms with E-state index in [4.69, 9.17) is 0 Å². The topological polar surface area (TPSA) is 0 Å². The van der Waals surface area contributed by atoms with Gasteiger partial charge in [0.15, 0.2) is 0 Å². The van der Waals surface area contributed by atoms with Gasteiger partial charge in [0.1, 0.15) is 0 Å². The van der Waals surface area contributed by atoms with Crippen LogP contribution in [0.25, 0.3) is 0 Å². The first-order chi connectivity index (χ1) is 10.9. The molecule has 0 N–H and O–H groups in total. The smallest absolute Gasteiger partial charge is 0.0353 e. The van der Waals surface area contributed by atoms with Crippen LogP contribution < -0.4 is 0 Å². The molecule has 134 valence electrons. The van der Waals surface area contributed by atoms with Gasteiger partial charge in [0.25, 0.3) is 0 Å². The van der Waals surface area contributed by atoms with Crippen molar-refractivity contribution in [1.29, 1.82) is 0 Å². The summed E-state index contributed by atoms with van der Waals surface area (Å²) in [6.07, 6.45) is 28.0. The lowest BCUT2D eigenvalue weighted by atomic mass is 10.1.